The molecule has 0 fully saturated rings. The fraction of sp³-hybridized carbons (Fsp3) is 0.133. The lowest BCUT2D eigenvalue weighted by Crippen LogP contribution is -2.14. The molecule has 0 saturated heterocycles. The summed E-state index contributed by atoms with van der Waals surface area (Å²) in [4.78, 5) is 4.47. The number of aryl methyl sites for hydroxylation is 2. The number of hydrogen-bond donors (Lipinski definition) is 0. The molecule has 102 valence electrons. The molecule has 4 nitrogen and oxygen atoms in total. The van der Waals surface area contributed by atoms with Gasteiger partial charge in [-0.25, -0.2) is 17.4 Å². The fourth-order valence-electron chi connectivity index (χ4n) is 2.26. The highest BCUT2D eigenvalue weighted by molar-refractivity contribution is 7.90. The van der Waals surface area contributed by atoms with Crippen molar-refractivity contribution in [3.05, 3.63) is 59.9 Å². The predicted octanol–water partition coefficient (Wildman–Crippen LogP) is 2.89. The molecule has 0 aliphatic rings. The molecule has 0 spiro atoms. The fourth-order valence-corrected chi connectivity index (χ4v) is 3.76. The minimum atomic E-state index is -3.62. The molecule has 0 aliphatic carbocycles. The zero-order valence-electron chi connectivity index (χ0n) is 11.2. The third-order valence-corrected chi connectivity index (χ3v) is 5.06. The van der Waals surface area contributed by atoms with Gasteiger partial charge in [0.1, 0.15) is 0 Å². The minimum absolute atomic E-state index is 0.273. The van der Waals surface area contributed by atoms with E-state index in [-0.39, 0.29) is 4.90 Å². The van der Waals surface area contributed by atoms with Crippen molar-refractivity contribution >= 4 is 21.1 Å². The Hall–Kier alpha value is -2.14. The predicted molar refractivity (Wildman–Crippen MR) is 78.2 cm³/mol. The summed E-state index contributed by atoms with van der Waals surface area (Å²) < 4.78 is 26.8. The van der Waals surface area contributed by atoms with E-state index in [2.05, 4.69) is 4.98 Å². The molecule has 2 aromatic heterocycles. The lowest BCUT2D eigenvalue weighted by molar-refractivity contribution is 0.587. The summed E-state index contributed by atoms with van der Waals surface area (Å²) >= 11 is 0. The van der Waals surface area contributed by atoms with Crippen LogP contribution >= 0.6 is 0 Å². The summed E-state index contributed by atoms with van der Waals surface area (Å²) in [5.74, 6) is 0. The third-order valence-electron chi connectivity index (χ3n) is 3.25. The summed E-state index contributed by atoms with van der Waals surface area (Å²) in [6, 6.07) is 12.3. The first-order chi connectivity index (χ1) is 9.50. The number of aromatic nitrogens is 2. The molecule has 3 aromatic rings. The Kier molecular flexibility index (Phi) is 2.87. The van der Waals surface area contributed by atoms with Gasteiger partial charge in [0.25, 0.3) is 10.0 Å². The minimum Gasteiger partial charge on any atom is -0.237 e. The highest BCUT2D eigenvalue weighted by Gasteiger charge is 2.21. The molecule has 0 unspecified atom stereocenters. The van der Waals surface area contributed by atoms with Crippen LogP contribution in [-0.2, 0) is 10.0 Å². The van der Waals surface area contributed by atoms with Crippen molar-refractivity contribution in [3.8, 4) is 0 Å². The zero-order chi connectivity index (χ0) is 14.3. The number of benzene rings is 1. The number of fused-ring (bicyclic) bond motifs is 1. The topological polar surface area (TPSA) is 52.0 Å². The van der Waals surface area contributed by atoms with Crippen LogP contribution in [-0.4, -0.2) is 17.4 Å². The summed E-state index contributed by atoms with van der Waals surface area (Å²) in [6.45, 7) is 3.70. The maximum Gasteiger partial charge on any atom is 0.269 e. The van der Waals surface area contributed by atoms with Crippen molar-refractivity contribution in [3.63, 3.8) is 0 Å². The molecule has 5 heteroatoms. The monoisotopic (exact) mass is 286 g/mol. The Bertz CT molecular complexity index is 878. The second-order valence-corrected chi connectivity index (χ2v) is 6.57. The third kappa shape index (κ3) is 1.91. The van der Waals surface area contributed by atoms with Crippen LogP contribution < -0.4 is 0 Å². The molecule has 0 bridgehead atoms. The van der Waals surface area contributed by atoms with Gasteiger partial charge >= 0.3 is 0 Å². The van der Waals surface area contributed by atoms with Gasteiger partial charge < -0.3 is 0 Å². The smallest absolute Gasteiger partial charge is 0.237 e. The Morgan fingerprint density at radius 3 is 2.45 bits per heavy atom. The van der Waals surface area contributed by atoms with E-state index in [4.69, 9.17) is 0 Å². The van der Waals surface area contributed by atoms with Crippen LogP contribution in [0.2, 0.25) is 0 Å². The highest BCUT2D eigenvalue weighted by Crippen LogP contribution is 2.23. The summed E-state index contributed by atoms with van der Waals surface area (Å²) in [5.41, 5.74) is 2.14. The zero-order valence-corrected chi connectivity index (χ0v) is 12.1. The van der Waals surface area contributed by atoms with Gasteiger partial charge in [-0.1, -0.05) is 17.7 Å². The molecule has 1 aromatic carbocycles. The van der Waals surface area contributed by atoms with Gasteiger partial charge in [-0.05, 0) is 44.2 Å². The molecular formula is C15H14N2O2S. The van der Waals surface area contributed by atoms with Gasteiger partial charge in [-0.15, -0.1) is 0 Å². The Morgan fingerprint density at radius 1 is 1.05 bits per heavy atom. The van der Waals surface area contributed by atoms with E-state index in [0.29, 0.717) is 11.3 Å². The van der Waals surface area contributed by atoms with Crippen LogP contribution in [0.15, 0.2) is 53.6 Å². The van der Waals surface area contributed by atoms with E-state index >= 15 is 0 Å². The van der Waals surface area contributed by atoms with Crippen LogP contribution in [0.25, 0.3) is 11.0 Å². The first kappa shape index (κ1) is 12.9. The van der Waals surface area contributed by atoms with Crippen molar-refractivity contribution in [2.45, 2.75) is 18.7 Å². The van der Waals surface area contributed by atoms with Gasteiger partial charge in [-0.3, -0.25) is 0 Å². The van der Waals surface area contributed by atoms with Crippen molar-refractivity contribution in [2.75, 3.05) is 0 Å². The van der Waals surface area contributed by atoms with Crippen molar-refractivity contribution in [2.24, 2.45) is 0 Å². The Labute approximate surface area is 117 Å². The normalized spacial score (nSPS) is 11.9. The average molecular weight is 286 g/mol. The van der Waals surface area contributed by atoms with Crippen LogP contribution in [0.1, 0.15) is 11.3 Å². The molecule has 0 saturated carbocycles. The molecule has 0 aliphatic heterocycles. The molecule has 0 N–H and O–H groups in total. The average Bonchev–Trinajstić information content (AvgIpc) is 2.75. The lowest BCUT2D eigenvalue weighted by Gasteiger charge is -2.09. The Balaban J connectivity index is 2.29. The lowest BCUT2D eigenvalue weighted by atomic mass is 10.2. The van der Waals surface area contributed by atoms with Crippen molar-refractivity contribution < 1.29 is 8.42 Å². The van der Waals surface area contributed by atoms with E-state index < -0.39 is 10.0 Å². The molecule has 20 heavy (non-hydrogen) atoms. The van der Waals surface area contributed by atoms with Crippen molar-refractivity contribution in [1.29, 1.82) is 0 Å². The number of pyridine rings is 1. The van der Waals surface area contributed by atoms with Gasteiger partial charge in [0.15, 0.2) is 5.65 Å². The highest BCUT2D eigenvalue weighted by atomic mass is 32.2. The first-order valence-electron chi connectivity index (χ1n) is 6.25. The number of rotatable bonds is 2. The van der Waals surface area contributed by atoms with Gasteiger partial charge in [-0.2, -0.15) is 0 Å². The second-order valence-electron chi connectivity index (χ2n) is 4.78. The van der Waals surface area contributed by atoms with Crippen LogP contribution in [0.4, 0.5) is 0 Å². The largest absolute Gasteiger partial charge is 0.269 e. The second kappa shape index (κ2) is 4.45. The molecular weight excluding hydrogens is 272 g/mol. The molecule has 0 radical (unpaired) electrons. The number of nitrogens with zero attached hydrogens (tertiary/aromatic N) is 2. The van der Waals surface area contributed by atoms with Crippen LogP contribution in [0.5, 0.6) is 0 Å². The van der Waals surface area contributed by atoms with E-state index in [1.807, 2.05) is 19.1 Å². The molecule has 0 atom stereocenters. The van der Waals surface area contributed by atoms with E-state index in [0.717, 1.165) is 10.9 Å². The van der Waals surface area contributed by atoms with Crippen molar-refractivity contribution in [1.82, 2.24) is 8.96 Å². The van der Waals surface area contributed by atoms with Crippen LogP contribution in [0.3, 0.4) is 0 Å². The summed E-state index contributed by atoms with van der Waals surface area (Å²) in [5, 5.41) is 0.820. The van der Waals surface area contributed by atoms with E-state index in [1.54, 1.807) is 43.5 Å². The van der Waals surface area contributed by atoms with Gasteiger partial charge in [0.05, 0.1) is 4.90 Å². The van der Waals surface area contributed by atoms with Crippen LogP contribution in [0, 0.1) is 13.8 Å². The number of hydrogen-bond acceptors (Lipinski definition) is 3. The Morgan fingerprint density at radius 2 is 1.75 bits per heavy atom. The quantitative estimate of drug-likeness (QED) is 0.728. The van der Waals surface area contributed by atoms with E-state index in [1.165, 1.54) is 3.97 Å². The summed E-state index contributed by atoms with van der Waals surface area (Å²) in [6.07, 6.45) is 1.60. The first-order valence-corrected chi connectivity index (χ1v) is 7.69. The molecule has 0 amide bonds. The summed E-state index contributed by atoms with van der Waals surface area (Å²) in [7, 11) is -3.62. The van der Waals surface area contributed by atoms with E-state index in [9.17, 15) is 8.42 Å². The molecule has 2 heterocycles. The SMILES string of the molecule is Cc1ccc(S(=O)(=O)n2c(C)cc3cccnc32)cc1. The maximum atomic E-state index is 12.8. The maximum absolute atomic E-state index is 12.8. The van der Waals surface area contributed by atoms with Gasteiger partial charge in [0.2, 0.25) is 0 Å². The molecule has 3 rings (SSSR count). The standard InChI is InChI=1S/C15H14N2O2S/c1-11-5-7-14(8-6-11)20(18,19)17-12(2)10-13-4-3-9-16-15(13)17/h3-10H,1-2H3. The van der Waals surface area contributed by atoms with Gasteiger partial charge in [0, 0.05) is 17.3 Å².